The molecule has 0 spiro atoms. The predicted octanol–water partition coefficient (Wildman–Crippen LogP) is 4.08. The van der Waals surface area contributed by atoms with Crippen LogP contribution in [0.25, 0.3) is 11.3 Å². The number of anilines is 2. The number of hydrogen-bond donors (Lipinski definition) is 1. The summed E-state index contributed by atoms with van der Waals surface area (Å²) in [6.07, 6.45) is -3.28. The summed E-state index contributed by atoms with van der Waals surface area (Å²) in [5.41, 5.74) is 2.52. The van der Waals surface area contributed by atoms with Crippen molar-refractivity contribution in [2.75, 3.05) is 23.3 Å². The van der Waals surface area contributed by atoms with Gasteiger partial charge in [-0.3, -0.25) is 0 Å². The summed E-state index contributed by atoms with van der Waals surface area (Å²) in [6.45, 7) is 3.95. The average Bonchev–Trinajstić information content (AvgIpc) is 2.87. The number of pyridine rings is 1. The lowest BCUT2D eigenvalue weighted by atomic mass is 10.0. The minimum absolute atomic E-state index is 0.381. The van der Waals surface area contributed by atoms with Gasteiger partial charge in [0.15, 0.2) is 5.82 Å². The summed E-state index contributed by atoms with van der Waals surface area (Å²) in [5, 5.41) is 3.41. The van der Waals surface area contributed by atoms with Crippen LogP contribution in [0.3, 0.4) is 0 Å². The maximum absolute atomic E-state index is 12.9. The molecule has 1 atom stereocenters. The van der Waals surface area contributed by atoms with Gasteiger partial charge in [-0.15, -0.1) is 0 Å². The lowest BCUT2D eigenvalue weighted by Gasteiger charge is -2.29. The monoisotopic (exact) mass is 319 g/mol. The van der Waals surface area contributed by atoms with E-state index in [1.165, 1.54) is 6.07 Å². The van der Waals surface area contributed by atoms with Gasteiger partial charge >= 0.3 is 6.18 Å². The van der Waals surface area contributed by atoms with Crippen LogP contribution >= 0.6 is 0 Å². The summed E-state index contributed by atoms with van der Waals surface area (Å²) in [4.78, 5) is 6.89. The maximum Gasteiger partial charge on any atom is 0.416 e. The van der Waals surface area contributed by atoms with E-state index in [9.17, 15) is 13.2 Å². The van der Waals surface area contributed by atoms with Crippen molar-refractivity contribution in [1.29, 1.82) is 0 Å². The molecule has 6 heteroatoms. The van der Waals surface area contributed by atoms with Crippen LogP contribution in [-0.4, -0.2) is 24.1 Å². The minimum atomic E-state index is -4.34. The molecular formula is C17H16F3N3. The fourth-order valence-corrected chi connectivity index (χ4v) is 3.44. The number of hydrogen-bond acceptors (Lipinski definition) is 3. The zero-order valence-corrected chi connectivity index (χ0v) is 12.6. The second-order valence-electron chi connectivity index (χ2n) is 6.18. The molecule has 1 saturated heterocycles. The van der Waals surface area contributed by atoms with Gasteiger partial charge in [0.05, 0.1) is 16.9 Å². The Hall–Kier alpha value is -2.24. The zero-order valence-electron chi connectivity index (χ0n) is 12.6. The second-order valence-corrected chi connectivity index (χ2v) is 6.18. The lowest BCUT2D eigenvalue weighted by Crippen LogP contribution is -2.33. The molecule has 3 nitrogen and oxygen atoms in total. The fourth-order valence-electron chi connectivity index (χ4n) is 3.44. The fraction of sp³-hybridized carbons (Fsp3) is 0.353. The van der Waals surface area contributed by atoms with Crippen molar-refractivity contribution in [2.45, 2.75) is 25.6 Å². The number of benzene rings is 1. The Bertz CT molecular complexity index is 770. The number of aryl methyl sites for hydroxylation is 1. The Morgan fingerprint density at radius 1 is 1.26 bits per heavy atom. The van der Waals surface area contributed by atoms with Crippen LogP contribution in [-0.2, 0) is 6.18 Å². The van der Waals surface area contributed by atoms with Crippen molar-refractivity contribution >= 4 is 11.5 Å². The third kappa shape index (κ3) is 2.42. The Morgan fingerprint density at radius 3 is 2.87 bits per heavy atom. The van der Waals surface area contributed by atoms with Crippen LogP contribution in [0.15, 0.2) is 30.3 Å². The van der Waals surface area contributed by atoms with E-state index in [1.54, 1.807) is 6.07 Å². The van der Waals surface area contributed by atoms with E-state index in [1.807, 2.05) is 13.0 Å². The highest BCUT2D eigenvalue weighted by Crippen LogP contribution is 2.39. The van der Waals surface area contributed by atoms with Crippen LogP contribution in [0.2, 0.25) is 0 Å². The first-order valence-corrected chi connectivity index (χ1v) is 7.62. The summed E-state index contributed by atoms with van der Waals surface area (Å²) >= 11 is 0. The summed E-state index contributed by atoms with van der Waals surface area (Å²) in [6, 6.07) is 7.58. The van der Waals surface area contributed by atoms with Crippen LogP contribution < -0.4 is 10.2 Å². The van der Waals surface area contributed by atoms with Gasteiger partial charge in [-0.1, -0.05) is 12.1 Å². The first-order chi connectivity index (χ1) is 10.9. The average molecular weight is 319 g/mol. The molecule has 1 N–H and O–H groups in total. The summed E-state index contributed by atoms with van der Waals surface area (Å²) in [5.74, 6) is 0.783. The van der Waals surface area contributed by atoms with Crippen LogP contribution in [0.4, 0.5) is 24.7 Å². The molecule has 0 radical (unpaired) electrons. The van der Waals surface area contributed by atoms with Gasteiger partial charge in [-0.05, 0) is 37.1 Å². The number of alkyl halides is 3. The minimum Gasteiger partial charge on any atom is -0.366 e. The van der Waals surface area contributed by atoms with Gasteiger partial charge in [-0.25, -0.2) is 4.98 Å². The van der Waals surface area contributed by atoms with E-state index in [2.05, 4.69) is 15.2 Å². The Kier molecular flexibility index (Phi) is 3.04. The van der Waals surface area contributed by atoms with E-state index in [-0.39, 0.29) is 0 Å². The highest BCUT2D eigenvalue weighted by Gasteiger charge is 2.33. The first kappa shape index (κ1) is 14.4. The van der Waals surface area contributed by atoms with Gasteiger partial charge in [0, 0.05) is 24.7 Å². The third-order valence-electron chi connectivity index (χ3n) is 4.51. The molecule has 3 heterocycles. The normalized spacial score (nSPS) is 19.5. The van der Waals surface area contributed by atoms with E-state index in [4.69, 9.17) is 0 Å². The maximum atomic E-state index is 12.9. The molecule has 1 fully saturated rings. The highest BCUT2D eigenvalue weighted by molar-refractivity contribution is 5.78. The SMILES string of the molecule is Cc1cc(-c2cccc(C(F)(F)F)c2)nc2c1N1CC[C@@H](C1)N2. The van der Waals surface area contributed by atoms with Gasteiger partial charge < -0.3 is 10.2 Å². The first-order valence-electron chi connectivity index (χ1n) is 7.62. The van der Waals surface area contributed by atoms with Gasteiger partial charge in [-0.2, -0.15) is 13.2 Å². The van der Waals surface area contributed by atoms with Gasteiger partial charge in [0.25, 0.3) is 0 Å². The molecule has 0 amide bonds. The topological polar surface area (TPSA) is 28.2 Å². The largest absolute Gasteiger partial charge is 0.416 e. The molecule has 4 rings (SSSR count). The Morgan fingerprint density at radius 2 is 2.09 bits per heavy atom. The van der Waals surface area contributed by atoms with Crippen LogP contribution in [0, 0.1) is 6.92 Å². The zero-order chi connectivity index (χ0) is 16.2. The molecule has 0 saturated carbocycles. The van der Waals surface area contributed by atoms with Crippen molar-refractivity contribution in [3.8, 4) is 11.3 Å². The number of aromatic nitrogens is 1. The van der Waals surface area contributed by atoms with E-state index in [0.29, 0.717) is 17.3 Å². The molecule has 1 aromatic heterocycles. The number of nitrogens with zero attached hydrogens (tertiary/aromatic N) is 2. The Labute approximate surface area is 132 Å². The molecular weight excluding hydrogens is 303 g/mol. The molecule has 2 aliphatic rings. The highest BCUT2D eigenvalue weighted by atomic mass is 19.4. The van der Waals surface area contributed by atoms with Crippen molar-refractivity contribution < 1.29 is 13.2 Å². The van der Waals surface area contributed by atoms with Crippen LogP contribution in [0.1, 0.15) is 17.5 Å². The number of rotatable bonds is 1. The van der Waals surface area contributed by atoms with Crippen molar-refractivity contribution in [1.82, 2.24) is 4.98 Å². The van der Waals surface area contributed by atoms with E-state index in [0.717, 1.165) is 48.7 Å². The standard InChI is InChI=1S/C17H16F3N3/c1-10-7-14(11-3-2-4-12(8-11)17(18,19)20)22-16-15(10)23-6-5-13(9-23)21-16/h2-4,7-8,13H,5-6,9H2,1H3,(H,21,22)/t13-/m0/s1. The van der Waals surface area contributed by atoms with Gasteiger partial charge in [0.1, 0.15) is 0 Å². The van der Waals surface area contributed by atoms with Gasteiger partial charge in [0.2, 0.25) is 0 Å². The molecule has 0 aliphatic carbocycles. The molecule has 120 valence electrons. The lowest BCUT2D eigenvalue weighted by molar-refractivity contribution is -0.137. The molecule has 23 heavy (non-hydrogen) atoms. The summed E-state index contributed by atoms with van der Waals surface area (Å²) < 4.78 is 38.7. The van der Waals surface area contributed by atoms with Crippen molar-refractivity contribution in [2.24, 2.45) is 0 Å². The van der Waals surface area contributed by atoms with Crippen molar-refractivity contribution in [3.63, 3.8) is 0 Å². The Balaban J connectivity index is 1.79. The van der Waals surface area contributed by atoms with Crippen LogP contribution in [0.5, 0.6) is 0 Å². The molecule has 1 aromatic carbocycles. The number of halogens is 3. The summed E-state index contributed by atoms with van der Waals surface area (Å²) in [7, 11) is 0. The van der Waals surface area contributed by atoms with E-state index < -0.39 is 11.7 Å². The number of nitrogens with one attached hydrogen (secondary N) is 1. The molecule has 2 bridgehead atoms. The van der Waals surface area contributed by atoms with Crippen molar-refractivity contribution in [3.05, 3.63) is 41.5 Å². The predicted molar refractivity (Wildman–Crippen MR) is 83.7 cm³/mol. The smallest absolute Gasteiger partial charge is 0.366 e. The third-order valence-corrected chi connectivity index (χ3v) is 4.51. The second kappa shape index (κ2) is 4.88. The molecule has 2 aliphatic heterocycles. The molecule has 0 unspecified atom stereocenters. The number of fused-ring (bicyclic) bond motifs is 4. The van der Waals surface area contributed by atoms with E-state index >= 15 is 0 Å². The quantitative estimate of drug-likeness (QED) is 0.858. The molecule has 2 aromatic rings.